The molecular weight excluding hydrogens is 414 g/mol. The number of nitrogens with one attached hydrogen (secondary N) is 1. The molecular formula is C23H25N3O4S. The number of thiophene rings is 1. The molecule has 7 nitrogen and oxygen atoms in total. The summed E-state index contributed by atoms with van der Waals surface area (Å²) in [6.07, 6.45) is -0.0449. The third kappa shape index (κ3) is 4.98. The highest BCUT2D eigenvalue weighted by molar-refractivity contribution is 7.07. The van der Waals surface area contributed by atoms with Crippen LogP contribution in [0.3, 0.4) is 0 Å². The molecule has 3 aromatic rings. The van der Waals surface area contributed by atoms with Crippen LogP contribution in [0.15, 0.2) is 53.2 Å². The number of carbonyl (C=O) groups is 1. The van der Waals surface area contributed by atoms with Gasteiger partial charge in [-0.25, -0.2) is 0 Å². The Morgan fingerprint density at radius 1 is 1.23 bits per heavy atom. The minimum atomic E-state index is -0.229. The van der Waals surface area contributed by atoms with Gasteiger partial charge in [-0.3, -0.25) is 9.69 Å². The SMILES string of the molecule is COc1ccc(C(=O)NCCN2Cc3ccccc3OC(c3ccsc3)C2)c(OC)n1. The third-order valence-corrected chi connectivity index (χ3v) is 5.87. The number of aromatic nitrogens is 1. The van der Waals surface area contributed by atoms with E-state index in [-0.39, 0.29) is 17.9 Å². The number of hydrogen-bond donors (Lipinski definition) is 1. The van der Waals surface area contributed by atoms with Crippen LogP contribution in [0.5, 0.6) is 17.5 Å². The van der Waals surface area contributed by atoms with E-state index in [2.05, 4.69) is 38.1 Å². The van der Waals surface area contributed by atoms with Crippen LogP contribution in [0.4, 0.5) is 0 Å². The number of rotatable bonds is 7. The molecule has 1 aliphatic rings. The van der Waals surface area contributed by atoms with Gasteiger partial charge in [0, 0.05) is 43.4 Å². The molecule has 2 aromatic heterocycles. The maximum atomic E-state index is 12.7. The van der Waals surface area contributed by atoms with Crippen LogP contribution >= 0.6 is 11.3 Å². The molecule has 0 radical (unpaired) electrons. The summed E-state index contributed by atoms with van der Waals surface area (Å²) in [5.74, 6) is 1.33. The maximum Gasteiger partial charge on any atom is 0.256 e. The van der Waals surface area contributed by atoms with Crippen LogP contribution in [0.2, 0.25) is 0 Å². The van der Waals surface area contributed by atoms with Gasteiger partial charge in [0.1, 0.15) is 17.4 Å². The van der Waals surface area contributed by atoms with Gasteiger partial charge < -0.3 is 19.5 Å². The van der Waals surface area contributed by atoms with Crippen molar-refractivity contribution in [2.45, 2.75) is 12.6 Å². The van der Waals surface area contributed by atoms with Crippen molar-refractivity contribution in [3.05, 3.63) is 69.9 Å². The lowest BCUT2D eigenvalue weighted by atomic mass is 10.2. The smallest absolute Gasteiger partial charge is 0.256 e. The first-order valence-corrected chi connectivity index (χ1v) is 11.0. The van der Waals surface area contributed by atoms with Crippen molar-refractivity contribution < 1.29 is 19.0 Å². The standard InChI is InChI=1S/C23H25N3O4S/c1-28-21-8-7-18(23(25-21)29-2)22(27)24-10-11-26-13-16-5-3-4-6-19(16)30-20(14-26)17-9-12-31-15-17/h3-9,12,15,20H,10-11,13-14H2,1-2H3,(H,24,27). The fourth-order valence-electron chi connectivity index (χ4n) is 3.57. The second kappa shape index (κ2) is 9.80. The molecule has 0 spiro atoms. The van der Waals surface area contributed by atoms with Gasteiger partial charge in [0.15, 0.2) is 0 Å². The van der Waals surface area contributed by atoms with Crippen molar-refractivity contribution >= 4 is 17.2 Å². The van der Waals surface area contributed by atoms with Crippen LogP contribution in [-0.4, -0.2) is 49.6 Å². The van der Waals surface area contributed by atoms with Gasteiger partial charge in [0.05, 0.1) is 14.2 Å². The average molecular weight is 440 g/mol. The van der Waals surface area contributed by atoms with Gasteiger partial charge in [0.25, 0.3) is 5.91 Å². The van der Waals surface area contributed by atoms with Crippen molar-refractivity contribution in [3.63, 3.8) is 0 Å². The Hall–Kier alpha value is -3.10. The zero-order chi connectivity index (χ0) is 21.6. The Morgan fingerprint density at radius 2 is 2.10 bits per heavy atom. The monoisotopic (exact) mass is 439 g/mol. The molecule has 1 aromatic carbocycles. The number of carbonyl (C=O) groups excluding carboxylic acids is 1. The molecule has 1 unspecified atom stereocenters. The highest BCUT2D eigenvalue weighted by Gasteiger charge is 2.24. The van der Waals surface area contributed by atoms with E-state index >= 15 is 0 Å². The Morgan fingerprint density at radius 3 is 2.87 bits per heavy atom. The summed E-state index contributed by atoms with van der Waals surface area (Å²) in [6, 6.07) is 13.5. The molecule has 0 saturated heterocycles. The van der Waals surface area contributed by atoms with Gasteiger partial charge in [-0.05, 0) is 29.0 Å². The van der Waals surface area contributed by atoms with E-state index < -0.39 is 0 Å². The quantitative estimate of drug-likeness (QED) is 0.607. The number of nitrogens with zero attached hydrogens (tertiary/aromatic N) is 2. The molecule has 0 bridgehead atoms. The van der Waals surface area contributed by atoms with Gasteiger partial charge in [-0.1, -0.05) is 18.2 Å². The Kier molecular flexibility index (Phi) is 6.69. The summed E-state index contributed by atoms with van der Waals surface area (Å²) in [6.45, 7) is 2.69. The summed E-state index contributed by atoms with van der Waals surface area (Å²) >= 11 is 1.67. The van der Waals surface area contributed by atoms with E-state index in [1.165, 1.54) is 19.8 Å². The molecule has 1 amide bonds. The Labute approximate surface area is 185 Å². The molecule has 8 heteroatoms. The topological polar surface area (TPSA) is 72.9 Å². The number of methoxy groups -OCH3 is 2. The highest BCUT2D eigenvalue weighted by atomic mass is 32.1. The average Bonchev–Trinajstić information content (AvgIpc) is 3.27. The van der Waals surface area contributed by atoms with Crippen molar-refractivity contribution in [1.29, 1.82) is 0 Å². The van der Waals surface area contributed by atoms with E-state index in [0.717, 1.165) is 24.4 Å². The number of amides is 1. The molecule has 3 heterocycles. The normalized spacial score (nSPS) is 16.0. The number of ether oxygens (including phenoxy) is 3. The van der Waals surface area contributed by atoms with Crippen LogP contribution in [-0.2, 0) is 6.54 Å². The molecule has 0 saturated carbocycles. The summed E-state index contributed by atoms with van der Waals surface area (Å²) in [5.41, 5.74) is 2.70. The summed E-state index contributed by atoms with van der Waals surface area (Å²) in [5, 5.41) is 7.16. The zero-order valence-corrected chi connectivity index (χ0v) is 18.4. The van der Waals surface area contributed by atoms with E-state index in [0.29, 0.717) is 24.5 Å². The summed E-state index contributed by atoms with van der Waals surface area (Å²) in [7, 11) is 3.01. The molecule has 1 N–H and O–H groups in total. The number of para-hydroxylation sites is 1. The molecule has 4 rings (SSSR count). The first kappa shape index (κ1) is 21.1. The number of fused-ring (bicyclic) bond motifs is 1. The number of hydrogen-bond acceptors (Lipinski definition) is 7. The van der Waals surface area contributed by atoms with Gasteiger partial charge in [-0.2, -0.15) is 16.3 Å². The molecule has 1 aliphatic heterocycles. The van der Waals surface area contributed by atoms with E-state index in [1.807, 2.05) is 18.2 Å². The zero-order valence-electron chi connectivity index (χ0n) is 17.5. The molecule has 1 atom stereocenters. The lowest BCUT2D eigenvalue weighted by Gasteiger charge is -2.23. The second-order valence-electron chi connectivity index (χ2n) is 7.17. The van der Waals surface area contributed by atoms with E-state index in [4.69, 9.17) is 14.2 Å². The first-order chi connectivity index (χ1) is 15.2. The molecule has 0 aliphatic carbocycles. The van der Waals surface area contributed by atoms with Gasteiger partial charge in [-0.15, -0.1) is 0 Å². The van der Waals surface area contributed by atoms with Crippen molar-refractivity contribution in [1.82, 2.24) is 15.2 Å². The highest BCUT2D eigenvalue weighted by Crippen LogP contribution is 2.31. The fraction of sp³-hybridized carbons (Fsp3) is 0.304. The fourth-order valence-corrected chi connectivity index (χ4v) is 4.27. The van der Waals surface area contributed by atoms with Crippen molar-refractivity contribution in [2.75, 3.05) is 33.9 Å². The lowest BCUT2D eigenvalue weighted by Crippen LogP contribution is -2.36. The van der Waals surface area contributed by atoms with E-state index in [9.17, 15) is 4.79 Å². The van der Waals surface area contributed by atoms with Crippen LogP contribution < -0.4 is 19.5 Å². The van der Waals surface area contributed by atoms with Gasteiger partial charge in [0.2, 0.25) is 11.8 Å². The minimum Gasteiger partial charge on any atom is -0.484 e. The Bertz CT molecular complexity index is 1030. The second-order valence-corrected chi connectivity index (χ2v) is 7.95. The minimum absolute atomic E-state index is 0.0449. The summed E-state index contributed by atoms with van der Waals surface area (Å²) < 4.78 is 16.7. The Balaban J connectivity index is 1.42. The predicted octanol–water partition coefficient (Wildman–Crippen LogP) is 3.53. The van der Waals surface area contributed by atoms with Crippen LogP contribution in [0, 0.1) is 0 Å². The van der Waals surface area contributed by atoms with Gasteiger partial charge >= 0.3 is 0 Å². The predicted molar refractivity (Wildman–Crippen MR) is 119 cm³/mol. The largest absolute Gasteiger partial charge is 0.484 e. The molecule has 0 fully saturated rings. The lowest BCUT2D eigenvalue weighted by molar-refractivity contribution is 0.0939. The van der Waals surface area contributed by atoms with Crippen molar-refractivity contribution in [2.24, 2.45) is 0 Å². The number of pyridine rings is 1. The van der Waals surface area contributed by atoms with Crippen molar-refractivity contribution in [3.8, 4) is 17.5 Å². The first-order valence-electron chi connectivity index (χ1n) is 10.0. The maximum absolute atomic E-state index is 12.7. The molecule has 31 heavy (non-hydrogen) atoms. The summed E-state index contributed by atoms with van der Waals surface area (Å²) in [4.78, 5) is 19.1. The molecule has 162 valence electrons. The van der Waals surface area contributed by atoms with Crippen LogP contribution in [0.25, 0.3) is 0 Å². The van der Waals surface area contributed by atoms with Crippen LogP contribution in [0.1, 0.15) is 27.6 Å². The number of benzene rings is 1. The third-order valence-electron chi connectivity index (χ3n) is 5.17. The van der Waals surface area contributed by atoms with E-state index in [1.54, 1.807) is 23.5 Å².